The zero-order chi connectivity index (χ0) is 22.7. The Hall–Kier alpha value is -3.52. The molecule has 0 saturated carbocycles. The summed E-state index contributed by atoms with van der Waals surface area (Å²) in [6.07, 6.45) is 1.84. The van der Waals surface area contributed by atoms with Crippen molar-refractivity contribution in [1.82, 2.24) is 0 Å². The molecule has 1 aromatic heterocycles. The van der Waals surface area contributed by atoms with E-state index in [9.17, 15) is 9.59 Å². The molecule has 0 saturated heterocycles. The first-order valence-corrected chi connectivity index (χ1v) is 10.8. The van der Waals surface area contributed by atoms with Gasteiger partial charge in [-0.15, -0.1) is 11.3 Å². The van der Waals surface area contributed by atoms with E-state index in [1.807, 2.05) is 18.2 Å². The van der Waals surface area contributed by atoms with Crippen LogP contribution in [0, 0.1) is 0 Å². The lowest BCUT2D eigenvalue weighted by Gasteiger charge is -2.15. The lowest BCUT2D eigenvalue weighted by atomic mass is 9.91. The van der Waals surface area contributed by atoms with Crippen LogP contribution < -0.4 is 19.5 Å². The number of esters is 1. The smallest absolute Gasteiger partial charge is 0.348 e. The zero-order valence-corrected chi connectivity index (χ0v) is 18.8. The Kier molecular flexibility index (Phi) is 6.32. The van der Waals surface area contributed by atoms with Crippen LogP contribution in [0.25, 0.3) is 10.4 Å². The second-order valence-corrected chi connectivity index (χ2v) is 8.21. The van der Waals surface area contributed by atoms with Gasteiger partial charge in [0.05, 0.1) is 21.3 Å². The molecule has 1 aliphatic rings. The maximum absolute atomic E-state index is 12.6. The van der Waals surface area contributed by atoms with E-state index < -0.39 is 18.5 Å². The van der Waals surface area contributed by atoms with Crippen LogP contribution in [0.5, 0.6) is 17.2 Å². The number of nitrogens with one attached hydrogen (secondary N) is 1. The number of fused-ring (bicyclic) bond motifs is 3. The molecule has 0 atom stereocenters. The van der Waals surface area contributed by atoms with Crippen molar-refractivity contribution in [2.75, 3.05) is 33.3 Å². The van der Waals surface area contributed by atoms with Gasteiger partial charge in [-0.2, -0.15) is 0 Å². The summed E-state index contributed by atoms with van der Waals surface area (Å²) < 4.78 is 21.1. The van der Waals surface area contributed by atoms with Gasteiger partial charge in [-0.3, -0.25) is 4.79 Å². The maximum Gasteiger partial charge on any atom is 0.348 e. The first kappa shape index (κ1) is 21.7. The fraction of sp³-hybridized carbons (Fsp3) is 0.250. The molecular formula is C24H23NO6S. The zero-order valence-electron chi connectivity index (χ0n) is 18.0. The lowest BCUT2D eigenvalue weighted by molar-refractivity contribution is -0.119. The molecular weight excluding hydrogens is 430 g/mol. The van der Waals surface area contributed by atoms with Crippen molar-refractivity contribution in [3.05, 3.63) is 58.5 Å². The van der Waals surface area contributed by atoms with Crippen LogP contribution in [-0.4, -0.2) is 39.8 Å². The molecule has 0 radical (unpaired) electrons. The highest BCUT2D eigenvalue weighted by molar-refractivity contribution is 7.17. The molecule has 1 heterocycles. The third-order valence-electron chi connectivity index (χ3n) is 5.22. The summed E-state index contributed by atoms with van der Waals surface area (Å²) in [5.41, 5.74) is 4.02. The van der Waals surface area contributed by atoms with Gasteiger partial charge in [0, 0.05) is 22.7 Å². The van der Waals surface area contributed by atoms with Crippen molar-refractivity contribution in [3.63, 3.8) is 0 Å². The number of amides is 1. The summed E-state index contributed by atoms with van der Waals surface area (Å²) in [7, 11) is 4.48. The van der Waals surface area contributed by atoms with Crippen molar-refractivity contribution >= 4 is 28.9 Å². The van der Waals surface area contributed by atoms with E-state index in [-0.39, 0.29) is 0 Å². The minimum atomic E-state index is -0.512. The van der Waals surface area contributed by atoms with Crippen LogP contribution in [0.4, 0.5) is 5.69 Å². The first-order valence-electron chi connectivity index (χ1n) is 10.0. The third kappa shape index (κ3) is 4.27. The fourth-order valence-electron chi connectivity index (χ4n) is 3.72. The molecule has 0 fully saturated rings. The molecule has 3 aromatic rings. The Morgan fingerprint density at radius 1 is 0.938 bits per heavy atom. The minimum absolute atomic E-state index is 0.406. The Labute approximate surface area is 189 Å². The predicted octanol–water partition coefficient (Wildman–Crippen LogP) is 4.34. The molecule has 0 aliphatic heterocycles. The summed E-state index contributed by atoms with van der Waals surface area (Å²) in [4.78, 5) is 26.5. The second kappa shape index (κ2) is 9.32. The summed E-state index contributed by atoms with van der Waals surface area (Å²) >= 11 is 1.40. The van der Waals surface area contributed by atoms with Crippen molar-refractivity contribution in [3.8, 4) is 27.7 Å². The van der Waals surface area contributed by atoms with Crippen LogP contribution in [0.1, 0.15) is 20.8 Å². The molecule has 8 heteroatoms. The molecule has 0 spiro atoms. The van der Waals surface area contributed by atoms with Crippen LogP contribution in [0.2, 0.25) is 0 Å². The van der Waals surface area contributed by atoms with Gasteiger partial charge in [-0.05, 0) is 35.6 Å². The number of methoxy groups -OCH3 is 3. The highest BCUT2D eigenvalue weighted by Gasteiger charge is 2.22. The number of carbonyl (C=O) groups is 2. The Morgan fingerprint density at radius 3 is 2.31 bits per heavy atom. The van der Waals surface area contributed by atoms with Gasteiger partial charge in [0.2, 0.25) is 5.75 Å². The molecule has 32 heavy (non-hydrogen) atoms. The fourth-order valence-corrected chi connectivity index (χ4v) is 4.89. The van der Waals surface area contributed by atoms with Gasteiger partial charge in [0.15, 0.2) is 18.1 Å². The van der Waals surface area contributed by atoms with E-state index >= 15 is 0 Å². The van der Waals surface area contributed by atoms with Crippen molar-refractivity contribution in [2.24, 2.45) is 0 Å². The molecule has 4 rings (SSSR count). The number of benzene rings is 2. The monoisotopic (exact) mass is 453 g/mol. The average Bonchev–Trinajstić information content (AvgIpc) is 3.27. The molecule has 2 aromatic carbocycles. The highest BCUT2D eigenvalue weighted by atomic mass is 32.1. The Balaban J connectivity index is 1.41. The number of carbonyl (C=O) groups excluding carboxylic acids is 2. The molecule has 1 amide bonds. The number of thiophene rings is 1. The molecule has 1 N–H and O–H groups in total. The molecule has 166 valence electrons. The lowest BCUT2D eigenvalue weighted by Crippen LogP contribution is -2.20. The standard InChI is InChI=1S/C24H23NO6S/c1-28-18-11-16(12-19(29-2)22(18)30-3)25-21(26)13-31-24(27)20-10-15-9-8-14-6-4-5-7-17(14)23(15)32-20/h4-7,10-12H,8-9,13H2,1-3H3,(H,25,26). The second-order valence-electron chi connectivity index (χ2n) is 7.16. The van der Waals surface area contributed by atoms with Crippen molar-refractivity contribution in [1.29, 1.82) is 0 Å². The van der Waals surface area contributed by atoms with Gasteiger partial charge in [-0.25, -0.2) is 4.79 Å². The van der Waals surface area contributed by atoms with E-state index in [1.165, 1.54) is 38.2 Å². The minimum Gasteiger partial charge on any atom is -0.493 e. The topological polar surface area (TPSA) is 83.1 Å². The quantitative estimate of drug-likeness (QED) is 0.536. The first-order chi connectivity index (χ1) is 15.5. The van der Waals surface area contributed by atoms with E-state index in [4.69, 9.17) is 18.9 Å². The Morgan fingerprint density at radius 2 is 1.62 bits per heavy atom. The van der Waals surface area contributed by atoms with E-state index in [0.29, 0.717) is 27.8 Å². The predicted molar refractivity (Wildman–Crippen MR) is 122 cm³/mol. The van der Waals surface area contributed by atoms with Gasteiger partial charge < -0.3 is 24.3 Å². The number of hydrogen-bond donors (Lipinski definition) is 1. The largest absolute Gasteiger partial charge is 0.493 e. The van der Waals surface area contributed by atoms with E-state index in [2.05, 4.69) is 17.4 Å². The van der Waals surface area contributed by atoms with Gasteiger partial charge in [0.25, 0.3) is 5.91 Å². The van der Waals surface area contributed by atoms with Crippen LogP contribution in [0.15, 0.2) is 42.5 Å². The molecule has 0 bridgehead atoms. The van der Waals surface area contributed by atoms with E-state index in [0.717, 1.165) is 28.8 Å². The normalized spacial score (nSPS) is 11.7. The van der Waals surface area contributed by atoms with E-state index in [1.54, 1.807) is 12.1 Å². The highest BCUT2D eigenvalue weighted by Crippen LogP contribution is 2.41. The summed E-state index contributed by atoms with van der Waals surface area (Å²) in [6.45, 7) is -0.408. The molecule has 0 unspecified atom stereocenters. The molecule has 7 nitrogen and oxygen atoms in total. The number of anilines is 1. The number of ether oxygens (including phenoxy) is 4. The van der Waals surface area contributed by atoms with Gasteiger partial charge in [0.1, 0.15) is 4.88 Å². The Bertz CT molecular complexity index is 1140. The third-order valence-corrected chi connectivity index (χ3v) is 6.41. The van der Waals surface area contributed by atoms with Gasteiger partial charge >= 0.3 is 5.97 Å². The molecule has 1 aliphatic carbocycles. The number of hydrogen-bond acceptors (Lipinski definition) is 7. The SMILES string of the molecule is COc1cc(NC(=O)COC(=O)c2cc3c(s2)-c2ccccc2CC3)cc(OC)c1OC. The van der Waals surface area contributed by atoms with Crippen LogP contribution in [0.3, 0.4) is 0 Å². The summed E-state index contributed by atoms with van der Waals surface area (Å²) in [5, 5.41) is 2.68. The van der Waals surface area contributed by atoms with Crippen LogP contribution in [-0.2, 0) is 22.4 Å². The maximum atomic E-state index is 12.6. The van der Waals surface area contributed by atoms with Gasteiger partial charge in [-0.1, -0.05) is 24.3 Å². The average molecular weight is 454 g/mol. The number of rotatable bonds is 7. The van der Waals surface area contributed by atoms with Crippen molar-refractivity contribution in [2.45, 2.75) is 12.8 Å². The number of aryl methyl sites for hydroxylation is 2. The summed E-state index contributed by atoms with van der Waals surface area (Å²) in [6, 6.07) is 13.3. The van der Waals surface area contributed by atoms with Crippen LogP contribution >= 0.6 is 11.3 Å². The summed E-state index contributed by atoms with van der Waals surface area (Å²) in [5.74, 6) is 0.246. The van der Waals surface area contributed by atoms with Crippen molar-refractivity contribution < 1.29 is 28.5 Å².